The predicted octanol–water partition coefficient (Wildman–Crippen LogP) is 2.79. The van der Waals surface area contributed by atoms with Crippen LogP contribution in [-0.4, -0.2) is 36.1 Å². The molecule has 3 nitrogen and oxygen atoms in total. The Morgan fingerprint density at radius 1 is 1.20 bits per heavy atom. The van der Waals surface area contributed by atoms with Crippen molar-refractivity contribution in [2.45, 2.75) is 56.7 Å². The van der Waals surface area contributed by atoms with E-state index in [1.54, 1.807) is 7.11 Å². The molecule has 1 amide bonds. The summed E-state index contributed by atoms with van der Waals surface area (Å²) in [6.45, 7) is 0. The maximum Gasteiger partial charge on any atom is 0.223 e. The Labute approximate surface area is 120 Å². The second kappa shape index (κ2) is 5.96. The Balaban J connectivity index is 1.58. The number of carbonyl (C=O) groups is 1. The molecule has 0 saturated carbocycles. The van der Waals surface area contributed by atoms with E-state index in [2.05, 4.69) is 17.0 Å². The molecule has 2 aliphatic rings. The third kappa shape index (κ3) is 2.73. The Bertz CT molecular complexity index is 445. The van der Waals surface area contributed by atoms with Crippen molar-refractivity contribution in [3.05, 3.63) is 35.9 Å². The molecule has 3 heteroatoms. The van der Waals surface area contributed by atoms with Crippen LogP contribution >= 0.6 is 0 Å². The van der Waals surface area contributed by atoms with Gasteiger partial charge >= 0.3 is 0 Å². The van der Waals surface area contributed by atoms with Crippen LogP contribution in [0.25, 0.3) is 0 Å². The molecule has 2 atom stereocenters. The van der Waals surface area contributed by atoms with Crippen molar-refractivity contribution in [1.82, 2.24) is 4.90 Å². The summed E-state index contributed by atoms with van der Waals surface area (Å²) < 4.78 is 5.49. The molecule has 1 aromatic carbocycles. The maximum atomic E-state index is 12.5. The Morgan fingerprint density at radius 2 is 1.85 bits per heavy atom. The van der Waals surface area contributed by atoms with Gasteiger partial charge in [-0.1, -0.05) is 30.3 Å². The molecule has 2 bridgehead atoms. The highest BCUT2D eigenvalue weighted by atomic mass is 16.5. The van der Waals surface area contributed by atoms with Gasteiger partial charge in [-0.3, -0.25) is 4.79 Å². The van der Waals surface area contributed by atoms with Crippen LogP contribution in [0.3, 0.4) is 0 Å². The number of piperidine rings is 1. The highest BCUT2D eigenvalue weighted by molar-refractivity contribution is 5.77. The van der Waals surface area contributed by atoms with Gasteiger partial charge in [0.25, 0.3) is 0 Å². The van der Waals surface area contributed by atoms with Crippen molar-refractivity contribution < 1.29 is 9.53 Å². The minimum atomic E-state index is 0.330. The number of hydrogen-bond acceptors (Lipinski definition) is 2. The lowest BCUT2D eigenvalue weighted by Crippen LogP contribution is -2.48. The molecule has 0 aliphatic carbocycles. The lowest BCUT2D eigenvalue weighted by Gasteiger charge is -2.38. The van der Waals surface area contributed by atoms with E-state index in [-0.39, 0.29) is 0 Å². The first kappa shape index (κ1) is 13.6. The van der Waals surface area contributed by atoms with E-state index in [0.29, 0.717) is 30.5 Å². The van der Waals surface area contributed by atoms with E-state index in [1.165, 1.54) is 5.56 Å². The molecule has 2 unspecified atom stereocenters. The number of fused-ring (bicyclic) bond motifs is 2. The number of hydrogen-bond donors (Lipinski definition) is 0. The molecule has 0 spiro atoms. The van der Waals surface area contributed by atoms with Gasteiger partial charge in [0.15, 0.2) is 0 Å². The van der Waals surface area contributed by atoms with Crippen LogP contribution in [0.15, 0.2) is 30.3 Å². The van der Waals surface area contributed by atoms with Crippen molar-refractivity contribution in [1.29, 1.82) is 0 Å². The van der Waals surface area contributed by atoms with E-state index in [1.807, 2.05) is 18.2 Å². The third-order valence-corrected chi connectivity index (χ3v) is 4.78. The molecule has 20 heavy (non-hydrogen) atoms. The standard InChI is InChI=1S/C17H23NO2/c1-20-16-11-14-8-9-15(12-16)18(14)17(19)10-7-13-5-3-2-4-6-13/h2-6,14-16H,7-12H2,1H3. The number of methoxy groups -OCH3 is 1. The van der Waals surface area contributed by atoms with Crippen molar-refractivity contribution >= 4 is 5.91 Å². The smallest absolute Gasteiger partial charge is 0.223 e. The zero-order valence-electron chi connectivity index (χ0n) is 12.1. The summed E-state index contributed by atoms with van der Waals surface area (Å²) in [5.41, 5.74) is 1.25. The Kier molecular flexibility index (Phi) is 4.06. The zero-order chi connectivity index (χ0) is 13.9. The van der Waals surface area contributed by atoms with Gasteiger partial charge in [-0.25, -0.2) is 0 Å². The van der Waals surface area contributed by atoms with Crippen LogP contribution in [0.4, 0.5) is 0 Å². The quantitative estimate of drug-likeness (QED) is 0.844. The monoisotopic (exact) mass is 273 g/mol. The molecule has 3 rings (SSSR count). The highest BCUT2D eigenvalue weighted by Crippen LogP contribution is 2.37. The Hall–Kier alpha value is -1.35. The summed E-state index contributed by atoms with van der Waals surface area (Å²) in [7, 11) is 1.79. The van der Waals surface area contributed by atoms with Gasteiger partial charge in [-0.05, 0) is 37.7 Å². The van der Waals surface area contributed by atoms with Crippen LogP contribution in [-0.2, 0) is 16.0 Å². The number of aryl methyl sites for hydroxylation is 1. The molecule has 2 aliphatic heterocycles. The topological polar surface area (TPSA) is 29.5 Å². The van der Waals surface area contributed by atoms with Gasteiger partial charge in [0.1, 0.15) is 0 Å². The van der Waals surface area contributed by atoms with Crippen molar-refractivity contribution in [2.75, 3.05) is 7.11 Å². The number of carbonyl (C=O) groups excluding carboxylic acids is 1. The summed E-state index contributed by atoms with van der Waals surface area (Å²) in [4.78, 5) is 14.7. The summed E-state index contributed by atoms with van der Waals surface area (Å²) in [6, 6.07) is 11.1. The normalized spacial score (nSPS) is 28.6. The average molecular weight is 273 g/mol. The first-order valence-corrected chi connectivity index (χ1v) is 7.66. The minimum absolute atomic E-state index is 0.330. The summed E-state index contributed by atoms with van der Waals surface area (Å²) in [6.07, 6.45) is 6.18. The fourth-order valence-corrected chi connectivity index (χ4v) is 3.75. The third-order valence-electron chi connectivity index (χ3n) is 4.78. The maximum absolute atomic E-state index is 12.5. The molecule has 108 valence electrons. The van der Waals surface area contributed by atoms with Gasteiger partial charge in [0.2, 0.25) is 5.91 Å². The predicted molar refractivity (Wildman–Crippen MR) is 78.5 cm³/mol. The summed E-state index contributed by atoms with van der Waals surface area (Å²) in [5, 5.41) is 0. The van der Waals surface area contributed by atoms with Gasteiger partial charge < -0.3 is 9.64 Å². The van der Waals surface area contributed by atoms with E-state index in [9.17, 15) is 4.79 Å². The van der Waals surface area contributed by atoms with E-state index in [4.69, 9.17) is 4.74 Å². The summed E-state index contributed by atoms with van der Waals surface area (Å²) >= 11 is 0. The lowest BCUT2D eigenvalue weighted by molar-refractivity contribution is -0.137. The minimum Gasteiger partial charge on any atom is -0.381 e. The largest absolute Gasteiger partial charge is 0.381 e. The van der Waals surface area contributed by atoms with Crippen LogP contribution in [0.5, 0.6) is 0 Å². The first-order chi connectivity index (χ1) is 9.78. The molecule has 2 saturated heterocycles. The van der Waals surface area contributed by atoms with E-state index < -0.39 is 0 Å². The van der Waals surface area contributed by atoms with Crippen LogP contribution in [0.2, 0.25) is 0 Å². The van der Waals surface area contributed by atoms with E-state index >= 15 is 0 Å². The molecule has 2 heterocycles. The highest BCUT2D eigenvalue weighted by Gasteiger charge is 2.42. The lowest BCUT2D eigenvalue weighted by atomic mass is 9.98. The molecule has 0 aromatic heterocycles. The van der Waals surface area contributed by atoms with E-state index in [0.717, 1.165) is 32.1 Å². The number of amides is 1. The molecule has 0 N–H and O–H groups in total. The van der Waals surface area contributed by atoms with Crippen molar-refractivity contribution in [2.24, 2.45) is 0 Å². The molecule has 2 fully saturated rings. The number of rotatable bonds is 4. The van der Waals surface area contributed by atoms with Crippen LogP contribution in [0, 0.1) is 0 Å². The zero-order valence-corrected chi connectivity index (χ0v) is 12.1. The molecule has 0 radical (unpaired) electrons. The SMILES string of the molecule is COC1CC2CCC(C1)N2C(=O)CCc1ccccc1. The van der Waals surface area contributed by atoms with Crippen molar-refractivity contribution in [3.63, 3.8) is 0 Å². The summed E-state index contributed by atoms with van der Waals surface area (Å²) in [5.74, 6) is 0.330. The van der Waals surface area contributed by atoms with Gasteiger partial charge in [0, 0.05) is 25.6 Å². The Morgan fingerprint density at radius 3 is 2.45 bits per heavy atom. The fourth-order valence-electron chi connectivity index (χ4n) is 3.75. The van der Waals surface area contributed by atoms with Crippen molar-refractivity contribution in [3.8, 4) is 0 Å². The molecule has 1 aromatic rings. The van der Waals surface area contributed by atoms with Gasteiger partial charge in [-0.2, -0.15) is 0 Å². The number of ether oxygens (including phenoxy) is 1. The molecular weight excluding hydrogens is 250 g/mol. The molecular formula is C17H23NO2. The number of nitrogens with zero attached hydrogens (tertiary/aromatic N) is 1. The first-order valence-electron chi connectivity index (χ1n) is 7.66. The second-order valence-electron chi connectivity index (χ2n) is 6.00. The van der Waals surface area contributed by atoms with Gasteiger partial charge in [0.05, 0.1) is 6.10 Å². The van der Waals surface area contributed by atoms with Crippen LogP contribution in [0.1, 0.15) is 37.7 Å². The fraction of sp³-hybridized carbons (Fsp3) is 0.588. The van der Waals surface area contributed by atoms with Crippen LogP contribution < -0.4 is 0 Å². The second-order valence-corrected chi connectivity index (χ2v) is 6.00. The average Bonchev–Trinajstić information content (AvgIpc) is 2.76. The van der Waals surface area contributed by atoms with Gasteiger partial charge in [-0.15, -0.1) is 0 Å². The number of benzene rings is 1.